The van der Waals surface area contributed by atoms with Gasteiger partial charge in [0.2, 0.25) is 4.96 Å². The minimum Gasteiger partial charge on any atom is -0.493 e. The number of carbonyl (C=O) groups is 1. The summed E-state index contributed by atoms with van der Waals surface area (Å²) in [6.07, 6.45) is 4.21. The first kappa shape index (κ1) is 18.8. The average molecular weight is 388 g/mol. The molecule has 0 saturated carbocycles. The number of methoxy groups -OCH3 is 2. The third-order valence-corrected chi connectivity index (χ3v) is 4.95. The van der Waals surface area contributed by atoms with E-state index in [1.54, 1.807) is 18.2 Å². The molecule has 0 saturated heterocycles. The van der Waals surface area contributed by atoms with Crippen molar-refractivity contribution >= 4 is 27.9 Å². The van der Waals surface area contributed by atoms with Crippen LogP contribution in [0, 0.1) is 0 Å². The highest BCUT2D eigenvalue weighted by Gasteiger charge is 2.15. The van der Waals surface area contributed by atoms with E-state index in [2.05, 4.69) is 22.3 Å². The van der Waals surface area contributed by atoms with Crippen molar-refractivity contribution in [1.82, 2.24) is 14.6 Å². The Morgan fingerprint density at radius 1 is 1.26 bits per heavy atom. The summed E-state index contributed by atoms with van der Waals surface area (Å²) in [7, 11) is 3.00. The molecule has 0 fully saturated rings. The summed E-state index contributed by atoms with van der Waals surface area (Å²) in [4.78, 5) is 29.9. The zero-order chi connectivity index (χ0) is 19.4. The van der Waals surface area contributed by atoms with Gasteiger partial charge in [-0.2, -0.15) is 9.61 Å². The van der Waals surface area contributed by atoms with Crippen LogP contribution in [0.2, 0.25) is 0 Å². The van der Waals surface area contributed by atoms with Crippen LogP contribution >= 0.6 is 11.3 Å². The molecule has 8 nitrogen and oxygen atoms in total. The summed E-state index contributed by atoms with van der Waals surface area (Å²) in [5.41, 5.74) is -0.00786. The molecule has 0 aliphatic heterocycles. The van der Waals surface area contributed by atoms with E-state index in [9.17, 15) is 9.59 Å². The van der Waals surface area contributed by atoms with Crippen molar-refractivity contribution in [2.75, 3.05) is 19.5 Å². The van der Waals surface area contributed by atoms with Gasteiger partial charge in [-0.1, -0.05) is 24.7 Å². The molecule has 0 atom stereocenters. The number of nitrogens with zero attached hydrogens (tertiary/aromatic N) is 3. The van der Waals surface area contributed by atoms with Crippen LogP contribution in [0.1, 0.15) is 35.1 Å². The fourth-order valence-corrected chi connectivity index (χ4v) is 3.41. The minimum absolute atomic E-state index is 0.0691. The highest BCUT2D eigenvalue weighted by atomic mass is 32.1. The number of fused-ring (bicyclic) bond motifs is 1. The number of nitrogens with one attached hydrogen (secondary N) is 1. The summed E-state index contributed by atoms with van der Waals surface area (Å²) < 4.78 is 11.6. The highest BCUT2D eigenvalue weighted by molar-refractivity contribution is 7.16. The molecule has 1 aromatic carbocycles. The fraction of sp³-hybridized carbons (Fsp3) is 0.333. The lowest BCUT2D eigenvalue weighted by molar-refractivity contribution is 0.102. The van der Waals surface area contributed by atoms with Crippen molar-refractivity contribution in [1.29, 1.82) is 0 Å². The van der Waals surface area contributed by atoms with Crippen LogP contribution in [0.4, 0.5) is 5.69 Å². The molecule has 0 aliphatic rings. The second kappa shape index (κ2) is 8.17. The Morgan fingerprint density at radius 3 is 2.74 bits per heavy atom. The first-order valence-electron chi connectivity index (χ1n) is 8.48. The number of hydrogen-bond acceptors (Lipinski definition) is 7. The van der Waals surface area contributed by atoms with Crippen LogP contribution < -0.4 is 20.3 Å². The van der Waals surface area contributed by atoms with Gasteiger partial charge < -0.3 is 14.8 Å². The van der Waals surface area contributed by atoms with E-state index in [1.165, 1.54) is 36.3 Å². The Balaban J connectivity index is 1.86. The number of anilines is 1. The van der Waals surface area contributed by atoms with E-state index in [4.69, 9.17) is 9.47 Å². The number of unbranched alkanes of at least 4 members (excludes halogenated alkanes) is 1. The normalized spacial score (nSPS) is 10.8. The van der Waals surface area contributed by atoms with E-state index in [0.717, 1.165) is 24.3 Å². The zero-order valence-electron chi connectivity index (χ0n) is 15.3. The Labute approximate surface area is 159 Å². The third kappa shape index (κ3) is 3.92. The lowest BCUT2D eigenvalue weighted by Gasteiger charge is -2.09. The van der Waals surface area contributed by atoms with Gasteiger partial charge in [-0.15, -0.1) is 0 Å². The number of ether oxygens (including phenoxy) is 2. The maximum absolute atomic E-state index is 12.6. The molecule has 27 heavy (non-hydrogen) atoms. The molecule has 9 heteroatoms. The summed E-state index contributed by atoms with van der Waals surface area (Å²) in [5.74, 6) is 0.492. The maximum atomic E-state index is 12.6. The van der Waals surface area contributed by atoms with Gasteiger partial charge in [0.25, 0.3) is 11.5 Å². The number of benzene rings is 1. The smallest absolute Gasteiger partial charge is 0.298 e. The molecule has 2 heterocycles. The van der Waals surface area contributed by atoms with Crippen LogP contribution in [0.25, 0.3) is 4.96 Å². The lowest BCUT2D eigenvalue weighted by atomic mass is 10.2. The van der Waals surface area contributed by atoms with Gasteiger partial charge in [0.15, 0.2) is 11.5 Å². The lowest BCUT2D eigenvalue weighted by Crippen LogP contribution is -2.23. The molecular weight excluding hydrogens is 368 g/mol. The molecule has 0 bridgehead atoms. The molecule has 0 radical (unpaired) electrons. The zero-order valence-corrected chi connectivity index (χ0v) is 16.1. The van der Waals surface area contributed by atoms with Crippen LogP contribution in [0.15, 0.2) is 29.2 Å². The Morgan fingerprint density at radius 2 is 2.04 bits per heavy atom. The van der Waals surface area contributed by atoms with Crippen LogP contribution in [0.3, 0.4) is 0 Å². The molecule has 3 rings (SSSR count). The van der Waals surface area contributed by atoms with Crippen molar-refractivity contribution in [2.24, 2.45) is 0 Å². The monoisotopic (exact) mass is 388 g/mol. The van der Waals surface area contributed by atoms with Crippen LogP contribution in [0.5, 0.6) is 11.5 Å². The van der Waals surface area contributed by atoms with Crippen molar-refractivity contribution in [3.63, 3.8) is 0 Å². The van der Waals surface area contributed by atoms with Crippen LogP contribution in [-0.2, 0) is 6.42 Å². The van der Waals surface area contributed by atoms with E-state index >= 15 is 0 Å². The summed E-state index contributed by atoms with van der Waals surface area (Å²) in [6.45, 7) is 2.10. The number of aromatic nitrogens is 3. The van der Waals surface area contributed by atoms with Crippen molar-refractivity contribution < 1.29 is 14.3 Å². The van der Waals surface area contributed by atoms with E-state index in [0.29, 0.717) is 22.0 Å². The summed E-state index contributed by atoms with van der Waals surface area (Å²) in [5, 5.41) is 7.76. The van der Waals surface area contributed by atoms with Gasteiger partial charge in [-0.3, -0.25) is 9.59 Å². The molecule has 1 amide bonds. The van der Waals surface area contributed by atoms with Crippen molar-refractivity contribution in [2.45, 2.75) is 26.2 Å². The number of rotatable bonds is 7. The van der Waals surface area contributed by atoms with E-state index in [1.807, 2.05) is 0 Å². The first-order chi connectivity index (χ1) is 13.1. The molecule has 142 valence electrons. The Hall–Kier alpha value is -2.94. The first-order valence-corrected chi connectivity index (χ1v) is 9.30. The fourth-order valence-electron chi connectivity index (χ4n) is 2.51. The predicted octanol–water partition coefficient (Wildman–Crippen LogP) is 2.76. The topological polar surface area (TPSA) is 94.8 Å². The Bertz CT molecular complexity index is 1030. The molecule has 3 aromatic rings. The molecule has 0 spiro atoms. The summed E-state index contributed by atoms with van der Waals surface area (Å²) >= 11 is 1.38. The largest absolute Gasteiger partial charge is 0.493 e. The minimum atomic E-state index is -0.448. The van der Waals surface area contributed by atoms with Gasteiger partial charge in [-0.25, -0.2) is 4.98 Å². The second-order valence-corrected chi connectivity index (χ2v) is 6.84. The number of aryl methyl sites for hydroxylation is 1. The van der Waals surface area contributed by atoms with Gasteiger partial charge in [-0.05, 0) is 24.6 Å². The average Bonchev–Trinajstić information content (AvgIpc) is 3.11. The van der Waals surface area contributed by atoms with Crippen molar-refractivity contribution in [3.05, 3.63) is 45.3 Å². The van der Waals surface area contributed by atoms with E-state index < -0.39 is 11.5 Å². The number of carbonyl (C=O) groups excluding carboxylic acids is 1. The molecular formula is C18H20N4O4S. The molecule has 1 N–H and O–H groups in total. The standard InChI is InChI=1S/C18H20N4O4S/c1-4-5-6-15-21-22-17(24)12(10-19-18(22)27-15)20-16(23)11-7-8-13(25-2)14(9-11)26-3/h7-10H,4-6H2,1-3H3,(H,20,23). The van der Waals surface area contributed by atoms with Gasteiger partial charge >= 0.3 is 0 Å². The number of amides is 1. The third-order valence-electron chi connectivity index (χ3n) is 3.97. The molecule has 2 aromatic heterocycles. The van der Waals surface area contributed by atoms with Crippen molar-refractivity contribution in [3.8, 4) is 11.5 Å². The SMILES string of the molecule is CCCCc1nn2c(=O)c(NC(=O)c3ccc(OC)c(OC)c3)cnc2s1. The quantitative estimate of drug-likeness (QED) is 0.669. The predicted molar refractivity (Wildman–Crippen MR) is 103 cm³/mol. The Kier molecular flexibility index (Phi) is 5.70. The van der Waals surface area contributed by atoms with Gasteiger partial charge in [0.1, 0.15) is 10.7 Å². The summed E-state index contributed by atoms with van der Waals surface area (Å²) in [6, 6.07) is 4.76. The van der Waals surface area contributed by atoms with Gasteiger partial charge in [0, 0.05) is 12.0 Å². The van der Waals surface area contributed by atoms with Crippen LogP contribution in [-0.4, -0.2) is 34.7 Å². The van der Waals surface area contributed by atoms with Gasteiger partial charge in [0.05, 0.1) is 20.4 Å². The molecule has 0 unspecified atom stereocenters. The number of hydrogen-bond donors (Lipinski definition) is 1. The second-order valence-electron chi connectivity index (χ2n) is 5.79. The highest BCUT2D eigenvalue weighted by Crippen LogP contribution is 2.27. The molecule has 0 aliphatic carbocycles. The van der Waals surface area contributed by atoms with E-state index in [-0.39, 0.29) is 5.69 Å². The maximum Gasteiger partial charge on any atom is 0.298 e.